The van der Waals surface area contributed by atoms with Crippen molar-refractivity contribution in [3.05, 3.63) is 60.3 Å². The molecule has 1 nitrogen and oxygen atoms in total. The van der Waals surface area contributed by atoms with Crippen LogP contribution in [0, 0.1) is 5.41 Å². The van der Waals surface area contributed by atoms with Crippen molar-refractivity contribution in [2.24, 2.45) is 5.41 Å². The van der Waals surface area contributed by atoms with Crippen molar-refractivity contribution >= 4 is 10.9 Å². The minimum absolute atomic E-state index is 0.403. The second kappa shape index (κ2) is 5.92. The zero-order chi connectivity index (χ0) is 13.7. The van der Waals surface area contributed by atoms with Crippen LogP contribution in [0.1, 0.15) is 33.6 Å². The number of H-pyrrole nitrogens is 1. The Morgan fingerprint density at radius 3 is 2.58 bits per heavy atom. The summed E-state index contributed by atoms with van der Waals surface area (Å²) in [4.78, 5) is 3.12. The zero-order valence-corrected chi connectivity index (χ0v) is 12.1. The Labute approximate surface area is 116 Å². The van der Waals surface area contributed by atoms with E-state index in [-0.39, 0.29) is 0 Å². The summed E-state index contributed by atoms with van der Waals surface area (Å²) in [5.74, 6) is 0. The lowest BCUT2D eigenvalue weighted by molar-refractivity contribution is 0.464. The molecule has 2 aromatic rings. The van der Waals surface area contributed by atoms with Crippen LogP contribution in [-0.2, 0) is 0 Å². The van der Waals surface area contributed by atoms with Crippen molar-refractivity contribution < 1.29 is 0 Å². The number of rotatable bonds is 1. The summed E-state index contributed by atoms with van der Waals surface area (Å²) in [6.07, 6.45) is 11.1. The van der Waals surface area contributed by atoms with Gasteiger partial charge in [-0.15, -0.1) is 0 Å². The molecule has 0 saturated heterocycles. The molecule has 0 amide bonds. The maximum Gasteiger partial charge on any atom is 0.0453 e. The first-order valence-electron chi connectivity index (χ1n) is 7.00. The number of fused-ring (bicyclic) bond motifs is 1. The normalized spacial score (nSPS) is 16.7. The Hall–Kier alpha value is -1.76. The van der Waals surface area contributed by atoms with E-state index in [0.717, 1.165) is 0 Å². The molecule has 1 aromatic carbocycles. The number of nitrogens with one attached hydrogen (secondary N) is 1. The van der Waals surface area contributed by atoms with Gasteiger partial charge < -0.3 is 4.98 Å². The van der Waals surface area contributed by atoms with Gasteiger partial charge in [-0.3, -0.25) is 0 Å². The summed E-state index contributed by atoms with van der Waals surface area (Å²) in [5, 5.41) is 1.28. The van der Waals surface area contributed by atoms with Crippen LogP contribution < -0.4 is 0 Å². The van der Waals surface area contributed by atoms with Gasteiger partial charge in [0.2, 0.25) is 0 Å². The summed E-state index contributed by atoms with van der Waals surface area (Å²) in [5.41, 5.74) is 3.19. The van der Waals surface area contributed by atoms with Crippen molar-refractivity contribution in [1.29, 1.82) is 0 Å². The van der Waals surface area contributed by atoms with Crippen molar-refractivity contribution in [3.63, 3.8) is 0 Å². The first kappa shape index (κ1) is 13.7. The Balaban J connectivity index is 0.000000141. The molecular formula is C18H23N. The topological polar surface area (TPSA) is 15.8 Å². The number of aromatic amines is 1. The second-order valence-electron chi connectivity index (χ2n) is 5.77. The Kier molecular flexibility index (Phi) is 4.26. The molecule has 1 aliphatic carbocycles. The van der Waals surface area contributed by atoms with Crippen LogP contribution in [0.4, 0.5) is 0 Å². The van der Waals surface area contributed by atoms with Gasteiger partial charge in [-0.1, -0.05) is 62.8 Å². The number of aromatic nitrogens is 1. The minimum atomic E-state index is 0.403. The molecule has 1 N–H and O–H groups in total. The molecule has 100 valence electrons. The summed E-state index contributed by atoms with van der Waals surface area (Å²) in [6.45, 7) is 6.79. The average Bonchev–Trinajstić information content (AvgIpc) is 2.86. The molecule has 3 rings (SSSR count). The van der Waals surface area contributed by atoms with Gasteiger partial charge >= 0.3 is 0 Å². The second-order valence-corrected chi connectivity index (χ2v) is 5.77. The third-order valence-corrected chi connectivity index (χ3v) is 3.48. The lowest BCUT2D eigenvalue weighted by Crippen LogP contribution is -2.10. The summed E-state index contributed by atoms with van der Waals surface area (Å²) >= 11 is 0. The quantitative estimate of drug-likeness (QED) is 0.693. The zero-order valence-electron chi connectivity index (χ0n) is 12.1. The monoisotopic (exact) mass is 253 g/mol. The van der Waals surface area contributed by atoms with E-state index in [1.54, 1.807) is 5.57 Å². The number of allylic oxidation sites excluding steroid dienone is 4. The highest BCUT2D eigenvalue weighted by Gasteiger charge is 2.16. The molecule has 0 bridgehead atoms. The van der Waals surface area contributed by atoms with Gasteiger partial charge in [0, 0.05) is 11.7 Å². The first-order valence-corrected chi connectivity index (χ1v) is 7.00. The molecule has 0 aliphatic heterocycles. The third kappa shape index (κ3) is 3.85. The van der Waals surface area contributed by atoms with Gasteiger partial charge in [-0.2, -0.15) is 0 Å². The molecule has 1 heteroatoms. The van der Waals surface area contributed by atoms with Crippen molar-refractivity contribution in [3.8, 4) is 0 Å². The van der Waals surface area contributed by atoms with Gasteiger partial charge in [0.05, 0.1) is 0 Å². The Bertz CT molecular complexity index is 554. The van der Waals surface area contributed by atoms with Crippen molar-refractivity contribution in [2.45, 2.75) is 33.6 Å². The van der Waals surface area contributed by atoms with E-state index in [1.807, 2.05) is 18.3 Å². The van der Waals surface area contributed by atoms with E-state index in [1.165, 1.54) is 23.7 Å². The predicted molar refractivity (Wildman–Crippen MR) is 84.2 cm³/mol. The smallest absolute Gasteiger partial charge is 0.0453 e. The standard InChI is InChI=1S/C10H16.C8H7N/c1-4-9-6-5-7-10(2,3)8-9;1-2-4-8-7(3-1)5-6-9-8/h5-7H,4,8H2,1-3H3;1-6,9H. The average molecular weight is 253 g/mol. The molecule has 0 radical (unpaired) electrons. The Morgan fingerprint density at radius 2 is 1.95 bits per heavy atom. The highest BCUT2D eigenvalue weighted by atomic mass is 14.7. The van der Waals surface area contributed by atoms with Crippen LogP contribution in [0.25, 0.3) is 10.9 Å². The number of hydrogen-bond acceptors (Lipinski definition) is 0. The maximum atomic E-state index is 3.12. The molecule has 1 aromatic heterocycles. The maximum absolute atomic E-state index is 3.12. The van der Waals surface area contributed by atoms with Crippen LogP contribution in [0.5, 0.6) is 0 Å². The third-order valence-electron chi connectivity index (χ3n) is 3.48. The van der Waals surface area contributed by atoms with Crippen LogP contribution in [0.15, 0.2) is 60.3 Å². The van der Waals surface area contributed by atoms with Crippen LogP contribution >= 0.6 is 0 Å². The molecule has 0 unspecified atom stereocenters. The number of benzene rings is 1. The molecule has 19 heavy (non-hydrogen) atoms. The number of hydrogen-bond donors (Lipinski definition) is 1. The SMILES string of the molecule is CCC1=CC=CC(C)(C)C1.c1ccc2[nH]ccc2c1. The van der Waals surface area contributed by atoms with Crippen molar-refractivity contribution in [2.75, 3.05) is 0 Å². The largest absolute Gasteiger partial charge is 0.361 e. The molecule has 1 aliphatic rings. The fourth-order valence-electron chi connectivity index (χ4n) is 2.39. The van der Waals surface area contributed by atoms with E-state index < -0.39 is 0 Å². The molecule has 1 heterocycles. The molecule has 0 spiro atoms. The van der Waals surface area contributed by atoms with Gasteiger partial charge in [-0.05, 0) is 35.8 Å². The first-order chi connectivity index (χ1) is 9.11. The van der Waals surface area contributed by atoms with Crippen LogP contribution in [0.3, 0.4) is 0 Å². The fourth-order valence-corrected chi connectivity index (χ4v) is 2.39. The lowest BCUT2D eigenvalue weighted by Gasteiger charge is -2.24. The molecule has 0 atom stereocenters. The van der Waals surface area contributed by atoms with Crippen LogP contribution in [0.2, 0.25) is 0 Å². The number of para-hydroxylation sites is 1. The highest BCUT2D eigenvalue weighted by Crippen LogP contribution is 2.31. The molecule has 0 saturated carbocycles. The summed E-state index contributed by atoms with van der Waals surface area (Å²) < 4.78 is 0. The highest BCUT2D eigenvalue weighted by molar-refractivity contribution is 5.78. The van der Waals surface area contributed by atoms with E-state index in [9.17, 15) is 0 Å². The van der Waals surface area contributed by atoms with Crippen molar-refractivity contribution in [1.82, 2.24) is 4.98 Å². The van der Waals surface area contributed by atoms with Gasteiger partial charge in [0.25, 0.3) is 0 Å². The Morgan fingerprint density at radius 1 is 1.16 bits per heavy atom. The van der Waals surface area contributed by atoms with E-state index in [0.29, 0.717) is 5.41 Å². The molecular weight excluding hydrogens is 230 g/mol. The van der Waals surface area contributed by atoms with Crippen LogP contribution in [-0.4, -0.2) is 4.98 Å². The summed E-state index contributed by atoms with van der Waals surface area (Å²) in [7, 11) is 0. The van der Waals surface area contributed by atoms with Gasteiger partial charge in [0.1, 0.15) is 0 Å². The van der Waals surface area contributed by atoms with E-state index in [4.69, 9.17) is 0 Å². The van der Waals surface area contributed by atoms with Gasteiger partial charge in [0.15, 0.2) is 0 Å². The molecule has 0 fully saturated rings. The van der Waals surface area contributed by atoms with E-state index in [2.05, 4.69) is 62.2 Å². The predicted octanol–water partition coefficient (Wildman–Crippen LogP) is 5.48. The van der Waals surface area contributed by atoms with E-state index >= 15 is 0 Å². The summed E-state index contributed by atoms with van der Waals surface area (Å²) in [6, 6.07) is 10.3. The fraction of sp³-hybridized carbons (Fsp3) is 0.333. The minimum Gasteiger partial charge on any atom is -0.361 e. The van der Waals surface area contributed by atoms with Gasteiger partial charge in [-0.25, -0.2) is 0 Å². The lowest BCUT2D eigenvalue weighted by atomic mass is 9.81.